The van der Waals surface area contributed by atoms with Crippen molar-refractivity contribution in [3.8, 4) is 5.75 Å². The number of hydrogen-bond donors (Lipinski definition) is 1. The zero-order valence-electron chi connectivity index (χ0n) is 16.1. The van der Waals surface area contributed by atoms with Crippen LogP contribution in [0.15, 0.2) is 24.3 Å². The Balaban J connectivity index is 2.15. The first kappa shape index (κ1) is 20.0. The quantitative estimate of drug-likeness (QED) is 0.768. The molecule has 1 aromatic heterocycles. The lowest BCUT2D eigenvalue weighted by atomic mass is 9.96. The molecule has 0 aliphatic carbocycles. The van der Waals surface area contributed by atoms with E-state index < -0.39 is 11.4 Å². The number of carbonyl (C=O) groups excluding carboxylic acids is 2. The molecule has 5 nitrogen and oxygen atoms in total. The highest BCUT2D eigenvalue weighted by atomic mass is 32.1. The molecule has 2 rings (SSSR count). The van der Waals surface area contributed by atoms with E-state index in [1.165, 1.54) is 11.3 Å². The Hall–Kier alpha value is -2.34. The van der Waals surface area contributed by atoms with Gasteiger partial charge in [0.2, 0.25) is 5.91 Å². The van der Waals surface area contributed by atoms with Crippen LogP contribution in [0.1, 0.15) is 47.1 Å². The zero-order valence-corrected chi connectivity index (χ0v) is 16.9. The number of methoxy groups -OCH3 is 1. The molecule has 1 heterocycles. The van der Waals surface area contributed by atoms with Crippen LogP contribution in [0.2, 0.25) is 0 Å². The first-order valence-electron chi connectivity index (χ1n) is 8.35. The standard InChI is InChI=1S/C20H25NO4S/c1-12-13(2)26-17(21-19(23)20(3,4)5)16(12)18(22)25-11-14-7-9-15(24-6)10-8-14/h7-10H,11H2,1-6H3,(H,21,23). The summed E-state index contributed by atoms with van der Waals surface area (Å²) < 4.78 is 10.6. The largest absolute Gasteiger partial charge is 0.497 e. The Labute approximate surface area is 158 Å². The number of benzene rings is 1. The number of anilines is 1. The number of carbonyl (C=O) groups is 2. The van der Waals surface area contributed by atoms with Gasteiger partial charge in [-0.1, -0.05) is 32.9 Å². The molecule has 26 heavy (non-hydrogen) atoms. The molecule has 0 radical (unpaired) electrons. The van der Waals surface area contributed by atoms with E-state index in [2.05, 4.69) is 5.32 Å². The summed E-state index contributed by atoms with van der Waals surface area (Å²) in [6.07, 6.45) is 0. The molecule has 0 unspecified atom stereocenters. The van der Waals surface area contributed by atoms with Crippen molar-refractivity contribution in [2.75, 3.05) is 12.4 Å². The van der Waals surface area contributed by atoms with Gasteiger partial charge in [-0.2, -0.15) is 0 Å². The van der Waals surface area contributed by atoms with Crippen LogP contribution in [0.25, 0.3) is 0 Å². The summed E-state index contributed by atoms with van der Waals surface area (Å²) in [4.78, 5) is 25.9. The summed E-state index contributed by atoms with van der Waals surface area (Å²) >= 11 is 1.39. The second-order valence-electron chi connectivity index (χ2n) is 7.12. The Bertz CT molecular complexity index is 800. The molecular formula is C20H25NO4S. The first-order chi connectivity index (χ1) is 12.1. The van der Waals surface area contributed by atoms with Gasteiger partial charge in [-0.3, -0.25) is 4.79 Å². The lowest BCUT2D eigenvalue weighted by Crippen LogP contribution is -2.28. The maximum Gasteiger partial charge on any atom is 0.341 e. The van der Waals surface area contributed by atoms with Crippen molar-refractivity contribution in [3.05, 3.63) is 45.8 Å². The predicted molar refractivity (Wildman–Crippen MR) is 104 cm³/mol. The number of ether oxygens (including phenoxy) is 2. The smallest absolute Gasteiger partial charge is 0.341 e. The fraction of sp³-hybridized carbons (Fsp3) is 0.400. The Morgan fingerprint density at radius 2 is 1.73 bits per heavy atom. The third kappa shape index (κ3) is 4.64. The molecule has 0 aliphatic rings. The van der Waals surface area contributed by atoms with Crippen molar-refractivity contribution in [2.24, 2.45) is 5.41 Å². The number of thiophene rings is 1. The van der Waals surface area contributed by atoms with E-state index >= 15 is 0 Å². The van der Waals surface area contributed by atoms with E-state index in [0.29, 0.717) is 10.6 Å². The van der Waals surface area contributed by atoms with Crippen molar-refractivity contribution < 1.29 is 19.1 Å². The first-order valence-corrected chi connectivity index (χ1v) is 9.16. The minimum Gasteiger partial charge on any atom is -0.497 e. The molecule has 0 aliphatic heterocycles. The second kappa shape index (κ2) is 7.91. The molecule has 0 saturated carbocycles. The molecule has 0 fully saturated rings. The van der Waals surface area contributed by atoms with E-state index in [-0.39, 0.29) is 12.5 Å². The predicted octanol–water partition coefficient (Wildman–Crippen LogP) is 4.72. The van der Waals surface area contributed by atoms with Crippen molar-refractivity contribution >= 4 is 28.2 Å². The van der Waals surface area contributed by atoms with Crippen molar-refractivity contribution in [1.29, 1.82) is 0 Å². The highest BCUT2D eigenvalue weighted by Crippen LogP contribution is 2.34. The Kier molecular flexibility index (Phi) is 6.08. The van der Waals surface area contributed by atoms with Gasteiger partial charge in [0.1, 0.15) is 17.4 Å². The fourth-order valence-corrected chi connectivity index (χ4v) is 3.24. The van der Waals surface area contributed by atoms with E-state index in [1.807, 2.05) is 58.9 Å². The monoisotopic (exact) mass is 375 g/mol. The molecule has 140 valence electrons. The van der Waals surface area contributed by atoms with Gasteiger partial charge >= 0.3 is 5.97 Å². The van der Waals surface area contributed by atoms with Crippen LogP contribution in [-0.4, -0.2) is 19.0 Å². The van der Waals surface area contributed by atoms with Crippen LogP contribution in [0.3, 0.4) is 0 Å². The molecular weight excluding hydrogens is 350 g/mol. The highest BCUT2D eigenvalue weighted by molar-refractivity contribution is 7.16. The van der Waals surface area contributed by atoms with Crippen LogP contribution in [-0.2, 0) is 16.1 Å². The topological polar surface area (TPSA) is 64.6 Å². The number of esters is 1. The molecule has 0 bridgehead atoms. The average molecular weight is 375 g/mol. The van der Waals surface area contributed by atoms with Gasteiger partial charge in [-0.15, -0.1) is 11.3 Å². The maximum absolute atomic E-state index is 12.6. The van der Waals surface area contributed by atoms with Crippen molar-refractivity contribution in [2.45, 2.75) is 41.2 Å². The van der Waals surface area contributed by atoms with Crippen LogP contribution >= 0.6 is 11.3 Å². The van der Waals surface area contributed by atoms with Gasteiger partial charge in [0.15, 0.2) is 0 Å². The summed E-state index contributed by atoms with van der Waals surface area (Å²) in [6.45, 7) is 9.44. The maximum atomic E-state index is 12.6. The highest BCUT2D eigenvalue weighted by Gasteiger charge is 2.26. The van der Waals surface area contributed by atoms with Crippen molar-refractivity contribution in [3.63, 3.8) is 0 Å². The van der Waals surface area contributed by atoms with Gasteiger partial charge in [-0.25, -0.2) is 4.79 Å². The molecule has 1 aromatic carbocycles. The summed E-state index contributed by atoms with van der Waals surface area (Å²) in [5.41, 5.74) is 1.58. The lowest BCUT2D eigenvalue weighted by Gasteiger charge is -2.17. The molecule has 2 aromatic rings. The number of aryl methyl sites for hydroxylation is 1. The minimum atomic E-state index is -0.546. The molecule has 0 atom stereocenters. The lowest BCUT2D eigenvalue weighted by molar-refractivity contribution is -0.123. The van der Waals surface area contributed by atoms with E-state index in [9.17, 15) is 9.59 Å². The summed E-state index contributed by atoms with van der Waals surface area (Å²) in [6, 6.07) is 7.33. The third-order valence-electron chi connectivity index (χ3n) is 4.03. The van der Waals surface area contributed by atoms with E-state index in [0.717, 1.165) is 21.8 Å². The second-order valence-corrected chi connectivity index (χ2v) is 8.34. The fourth-order valence-electron chi connectivity index (χ4n) is 2.19. The van der Waals surface area contributed by atoms with Crippen LogP contribution < -0.4 is 10.1 Å². The minimum absolute atomic E-state index is 0.136. The van der Waals surface area contributed by atoms with Crippen LogP contribution in [0.4, 0.5) is 5.00 Å². The normalized spacial score (nSPS) is 11.2. The zero-order chi connectivity index (χ0) is 19.5. The average Bonchev–Trinajstić information content (AvgIpc) is 2.86. The summed E-state index contributed by atoms with van der Waals surface area (Å²) in [5, 5.41) is 3.41. The third-order valence-corrected chi connectivity index (χ3v) is 5.15. The van der Waals surface area contributed by atoms with Gasteiger partial charge in [0, 0.05) is 10.3 Å². The number of rotatable bonds is 5. The molecule has 6 heteroatoms. The van der Waals surface area contributed by atoms with Crippen molar-refractivity contribution in [1.82, 2.24) is 0 Å². The van der Waals surface area contributed by atoms with Gasteiger partial charge in [0.05, 0.1) is 12.7 Å². The number of amides is 1. The van der Waals surface area contributed by atoms with Gasteiger partial charge in [-0.05, 0) is 37.1 Å². The summed E-state index contributed by atoms with van der Waals surface area (Å²) in [7, 11) is 1.60. The number of nitrogens with one attached hydrogen (secondary N) is 1. The van der Waals surface area contributed by atoms with Gasteiger partial charge < -0.3 is 14.8 Å². The van der Waals surface area contributed by atoms with Gasteiger partial charge in [0.25, 0.3) is 0 Å². The Morgan fingerprint density at radius 3 is 2.27 bits per heavy atom. The SMILES string of the molecule is COc1ccc(COC(=O)c2c(NC(=O)C(C)(C)C)sc(C)c2C)cc1. The van der Waals surface area contributed by atoms with Crippen LogP contribution in [0.5, 0.6) is 5.75 Å². The molecule has 0 spiro atoms. The summed E-state index contributed by atoms with van der Waals surface area (Å²) in [5.74, 6) is 0.173. The number of hydrogen-bond acceptors (Lipinski definition) is 5. The van der Waals surface area contributed by atoms with E-state index in [1.54, 1.807) is 7.11 Å². The molecule has 0 saturated heterocycles. The van der Waals surface area contributed by atoms with E-state index in [4.69, 9.17) is 9.47 Å². The van der Waals surface area contributed by atoms with Crippen LogP contribution in [0, 0.1) is 19.3 Å². The molecule has 1 amide bonds. The molecule has 1 N–H and O–H groups in total. The Morgan fingerprint density at radius 1 is 1.12 bits per heavy atom.